The quantitative estimate of drug-likeness (QED) is 0.0287. The Hall–Kier alpha value is -1.59. The molecular weight excluding hydrogens is 658 g/mol. The Kier molecular flexibility index (Phi) is 31.6. The van der Waals surface area contributed by atoms with Crippen molar-refractivity contribution in [2.45, 2.75) is 217 Å². The summed E-state index contributed by atoms with van der Waals surface area (Å²) in [5.41, 5.74) is 0. The summed E-state index contributed by atoms with van der Waals surface area (Å²) in [5, 5.41) is 53.6. The summed E-state index contributed by atoms with van der Waals surface area (Å²) in [4.78, 5) is 12.6. The zero-order valence-electron chi connectivity index (χ0n) is 33.1. The lowest BCUT2D eigenvalue weighted by molar-refractivity contribution is -0.302. The topological polar surface area (TPSA) is 149 Å². The first-order chi connectivity index (χ1) is 25.3. The van der Waals surface area contributed by atoms with Gasteiger partial charge in [0.05, 0.1) is 25.4 Å². The maximum absolute atomic E-state index is 12.6. The average molecular weight is 738 g/mol. The maximum atomic E-state index is 12.6. The molecule has 304 valence electrons. The van der Waals surface area contributed by atoms with E-state index in [2.05, 4.69) is 43.5 Å². The highest BCUT2D eigenvalue weighted by Crippen LogP contribution is 2.22. The summed E-state index contributed by atoms with van der Waals surface area (Å²) in [7, 11) is 0. The molecule has 1 fully saturated rings. The van der Waals surface area contributed by atoms with Crippen LogP contribution in [0.25, 0.3) is 0 Å². The fraction of sp³-hybridized carbons (Fsp3) is 0.837. The van der Waals surface area contributed by atoms with Crippen molar-refractivity contribution in [3.05, 3.63) is 36.5 Å². The molecule has 6 N–H and O–H groups in total. The van der Waals surface area contributed by atoms with Gasteiger partial charge < -0.3 is 40.3 Å². The van der Waals surface area contributed by atoms with Gasteiger partial charge in [-0.25, -0.2) is 0 Å². The third kappa shape index (κ3) is 24.7. The molecule has 1 amide bonds. The van der Waals surface area contributed by atoms with Crippen molar-refractivity contribution in [1.82, 2.24) is 5.32 Å². The zero-order chi connectivity index (χ0) is 38.1. The lowest BCUT2D eigenvalue weighted by atomic mass is 9.99. The summed E-state index contributed by atoms with van der Waals surface area (Å²) in [5.74, 6) is -0.210. The summed E-state index contributed by atoms with van der Waals surface area (Å²) < 4.78 is 11.1. The molecule has 1 aliphatic heterocycles. The number of ether oxygens (including phenoxy) is 2. The molecule has 1 saturated heterocycles. The molecule has 9 heteroatoms. The van der Waals surface area contributed by atoms with Crippen molar-refractivity contribution in [2.75, 3.05) is 13.2 Å². The number of aliphatic hydroxyl groups excluding tert-OH is 5. The van der Waals surface area contributed by atoms with Gasteiger partial charge in [-0.3, -0.25) is 4.79 Å². The van der Waals surface area contributed by atoms with E-state index in [0.717, 1.165) is 51.4 Å². The smallest absolute Gasteiger partial charge is 0.220 e. The van der Waals surface area contributed by atoms with Crippen LogP contribution in [-0.2, 0) is 14.3 Å². The summed E-state index contributed by atoms with van der Waals surface area (Å²) >= 11 is 0. The van der Waals surface area contributed by atoms with Gasteiger partial charge in [-0.05, 0) is 44.9 Å². The van der Waals surface area contributed by atoms with Crippen LogP contribution in [0.1, 0.15) is 174 Å². The predicted molar refractivity (Wildman–Crippen MR) is 212 cm³/mol. The largest absolute Gasteiger partial charge is 0.394 e. The van der Waals surface area contributed by atoms with Crippen molar-refractivity contribution in [2.24, 2.45) is 0 Å². The van der Waals surface area contributed by atoms with E-state index in [4.69, 9.17) is 9.47 Å². The molecule has 1 rings (SSSR count). The fourth-order valence-electron chi connectivity index (χ4n) is 6.48. The third-order valence-electron chi connectivity index (χ3n) is 9.95. The van der Waals surface area contributed by atoms with Crippen molar-refractivity contribution in [3.8, 4) is 0 Å². The normalized spacial score (nSPS) is 22.2. The van der Waals surface area contributed by atoms with Gasteiger partial charge in [0, 0.05) is 6.42 Å². The first kappa shape index (κ1) is 48.4. The van der Waals surface area contributed by atoms with Crippen molar-refractivity contribution >= 4 is 5.91 Å². The van der Waals surface area contributed by atoms with Gasteiger partial charge in [0.15, 0.2) is 6.29 Å². The Bertz CT molecular complexity index is 910. The van der Waals surface area contributed by atoms with E-state index < -0.39 is 49.5 Å². The molecule has 1 heterocycles. The van der Waals surface area contributed by atoms with Crippen molar-refractivity contribution in [3.63, 3.8) is 0 Å². The number of nitrogens with one attached hydrogen (secondary N) is 1. The highest BCUT2D eigenvalue weighted by Gasteiger charge is 2.44. The van der Waals surface area contributed by atoms with E-state index >= 15 is 0 Å². The van der Waals surface area contributed by atoms with Crippen molar-refractivity contribution in [1.29, 1.82) is 0 Å². The lowest BCUT2D eigenvalue weighted by Crippen LogP contribution is -2.60. The number of rotatable bonds is 34. The maximum Gasteiger partial charge on any atom is 0.220 e. The molecule has 0 bridgehead atoms. The molecule has 0 aromatic heterocycles. The van der Waals surface area contributed by atoms with Crippen molar-refractivity contribution < 1.29 is 39.8 Å². The second-order valence-electron chi connectivity index (χ2n) is 14.8. The summed E-state index contributed by atoms with van der Waals surface area (Å²) in [6.07, 6.45) is 34.2. The van der Waals surface area contributed by atoms with E-state index in [1.165, 1.54) is 103 Å². The minimum atomic E-state index is -1.57. The average Bonchev–Trinajstić information content (AvgIpc) is 3.14. The Morgan fingerprint density at radius 2 is 1.10 bits per heavy atom. The molecule has 9 nitrogen and oxygen atoms in total. The third-order valence-corrected chi connectivity index (χ3v) is 9.95. The standard InChI is InChI=1S/C43H79NO8/c1-3-5-7-9-10-11-12-13-14-15-16-17-18-19-20-21-22-23-24-25-26-27-28-29-30-32-37(46)36(44-39(47)33-31-8-6-4-2)35-51-43-42(50)41(49)40(48)38(34-45)52-43/h22-23,26-27,30,32,36-38,40-43,45-46,48-50H,3-21,24-25,28-29,31,33-35H2,1-2H3,(H,44,47)/b23-22+,27-26+,32-30+. The van der Waals surface area contributed by atoms with E-state index in [-0.39, 0.29) is 12.5 Å². The Morgan fingerprint density at radius 3 is 1.62 bits per heavy atom. The molecule has 1 aliphatic rings. The van der Waals surface area contributed by atoms with E-state index in [9.17, 15) is 30.3 Å². The molecule has 52 heavy (non-hydrogen) atoms. The van der Waals surface area contributed by atoms with Crippen LogP contribution < -0.4 is 5.32 Å². The number of aliphatic hydroxyl groups is 5. The molecule has 7 atom stereocenters. The molecular formula is C43H79NO8. The number of carbonyl (C=O) groups is 1. The van der Waals surface area contributed by atoms with Gasteiger partial charge in [0.1, 0.15) is 24.4 Å². The molecule has 0 aliphatic carbocycles. The second-order valence-corrected chi connectivity index (χ2v) is 14.8. The van der Waals surface area contributed by atoms with Gasteiger partial charge >= 0.3 is 0 Å². The van der Waals surface area contributed by atoms with Crippen LogP contribution in [0, 0.1) is 0 Å². The molecule has 7 unspecified atom stereocenters. The van der Waals surface area contributed by atoms with Crippen LogP contribution in [0.4, 0.5) is 0 Å². The van der Waals surface area contributed by atoms with Crippen LogP contribution in [0.2, 0.25) is 0 Å². The molecule has 0 saturated carbocycles. The Morgan fingerprint density at radius 1 is 0.635 bits per heavy atom. The predicted octanol–water partition coefficient (Wildman–Crippen LogP) is 8.11. The first-order valence-electron chi connectivity index (χ1n) is 21.2. The second kappa shape index (κ2) is 33.9. The Balaban J connectivity index is 2.23. The van der Waals surface area contributed by atoms with E-state index in [1.54, 1.807) is 6.08 Å². The van der Waals surface area contributed by atoms with Gasteiger partial charge in [0.25, 0.3) is 0 Å². The Labute approximate surface area is 317 Å². The molecule has 0 aromatic rings. The first-order valence-corrected chi connectivity index (χ1v) is 21.2. The highest BCUT2D eigenvalue weighted by molar-refractivity contribution is 5.76. The van der Waals surface area contributed by atoms with Crippen LogP contribution >= 0.6 is 0 Å². The van der Waals surface area contributed by atoms with Gasteiger partial charge in [0.2, 0.25) is 5.91 Å². The highest BCUT2D eigenvalue weighted by atomic mass is 16.7. The van der Waals surface area contributed by atoms with Crippen LogP contribution in [0.5, 0.6) is 0 Å². The summed E-state index contributed by atoms with van der Waals surface area (Å²) in [6.45, 7) is 3.61. The molecule has 0 spiro atoms. The van der Waals surface area contributed by atoms with E-state index in [0.29, 0.717) is 6.42 Å². The van der Waals surface area contributed by atoms with Crippen LogP contribution in [-0.4, -0.2) is 87.5 Å². The lowest BCUT2D eigenvalue weighted by Gasteiger charge is -2.40. The number of amides is 1. The van der Waals surface area contributed by atoms with Crippen LogP contribution in [0.15, 0.2) is 36.5 Å². The number of unbranched alkanes of at least 4 members (excludes halogenated alkanes) is 20. The van der Waals surface area contributed by atoms with E-state index in [1.807, 2.05) is 6.08 Å². The summed E-state index contributed by atoms with van der Waals surface area (Å²) in [6, 6.07) is -0.820. The monoisotopic (exact) mass is 738 g/mol. The number of carbonyl (C=O) groups excluding carboxylic acids is 1. The number of hydrogen-bond acceptors (Lipinski definition) is 8. The number of allylic oxidation sites excluding steroid dienone is 5. The fourth-order valence-corrected chi connectivity index (χ4v) is 6.48. The minimum absolute atomic E-state index is 0.207. The van der Waals surface area contributed by atoms with Gasteiger partial charge in [-0.15, -0.1) is 0 Å². The van der Waals surface area contributed by atoms with Gasteiger partial charge in [-0.2, -0.15) is 0 Å². The number of hydrogen-bond donors (Lipinski definition) is 6. The van der Waals surface area contributed by atoms with Gasteiger partial charge in [-0.1, -0.05) is 159 Å². The molecule has 0 aromatic carbocycles. The van der Waals surface area contributed by atoms with Crippen LogP contribution in [0.3, 0.4) is 0 Å². The molecule has 0 radical (unpaired) electrons. The zero-order valence-corrected chi connectivity index (χ0v) is 33.1. The minimum Gasteiger partial charge on any atom is -0.394 e. The SMILES string of the molecule is CCCCCCCCCCCCCCCCC/C=C/CC/C=C/CC/C=C/C(O)C(COC1OC(CO)C(O)C(O)C1O)NC(=O)CCCCCC.